The predicted molar refractivity (Wildman–Crippen MR) is 91.7 cm³/mol. The summed E-state index contributed by atoms with van der Waals surface area (Å²) in [5, 5.41) is 0.489. The van der Waals surface area contributed by atoms with Crippen molar-refractivity contribution in [1.29, 1.82) is 0 Å². The summed E-state index contributed by atoms with van der Waals surface area (Å²) in [4.78, 5) is 26.0. The Morgan fingerprint density at radius 1 is 1.17 bits per heavy atom. The van der Waals surface area contributed by atoms with Crippen LogP contribution < -0.4 is 9.64 Å². The molecule has 1 saturated heterocycles. The zero-order chi connectivity index (χ0) is 16.4. The lowest BCUT2D eigenvalue weighted by Gasteiger charge is -2.17. The van der Waals surface area contributed by atoms with Crippen LogP contribution >= 0.6 is 27.5 Å². The van der Waals surface area contributed by atoms with Crippen molar-refractivity contribution in [2.45, 2.75) is 6.42 Å². The van der Waals surface area contributed by atoms with Crippen LogP contribution in [0.5, 0.6) is 5.75 Å². The molecule has 3 rings (SSSR count). The van der Waals surface area contributed by atoms with E-state index in [0.717, 1.165) is 4.47 Å². The fourth-order valence-corrected chi connectivity index (χ4v) is 2.97. The minimum Gasteiger partial charge on any atom is -0.426 e. The molecule has 1 aliphatic rings. The molecule has 118 valence electrons. The molecular formula is C17H13BrClNO3. The molecule has 2 aromatic rings. The molecular weight excluding hydrogens is 382 g/mol. The van der Waals surface area contributed by atoms with Crippen LogP contribution in [0.1, 0.15) is 6.42 Å². The molecule has 0 aliphatic carbocycles. The number of anilines is 1. The zero-order valence-electron chi connectivity index (χ0n) is 12.0. The highest BCUT2D eigenvalue weighted by Crippen LogP contribution is 2.31. The van der Waals surface area contributed by atoms with Crippen molar-refractivity contribution in [3.8, 4) is 5.75 Å². The molecule has 1 amide bonds. The lowest BCUT2D eigenvalue weighted by atomic mass is 10.1. The van der Waals surface area contributed by atoms with Crippen LogP contribution in [-0.4, -0.2) is 18.4 Å². The predicted octanol–water partition coefficient (Wildman–Crippen LogP) is 4.06. The maximum atomic E-state index is 12.3. The molecule has 6 heteroatoms. The lowest BCUT2D eigenvalue weighted by molar-refractivity contribution is -0.139. The number of rotatable bonds is 3. The topological polar surface area (TPSA) is 46.6 Å². The maximum Gasteiger partial charge on any atom is 0.316 e. The highest BCUT2D eigenvalue weighted by atomic mass is 79.9. The Morgan fingerprint density at radius 2 is 1.87 bits per heavy atom. The van der Waals surface area contributed by atoms with Crippen LogP contribution in [-0.2, 0) is 9.59 Å². The van der Waals surface area contributed by atoms with Gasteiger partial charge in [-0.05, 0) is 36.4 Å². The summed E-state index contributed by atoms with van der Waals surface area (Å²) in [6, 6.07) is 14.1. The van der Waals surface area contributed by atoms with Crippen LogP contribution in [0, 0.1) is 5.92 Å². The first-order valence-electron chi connectivity index (χ1n) is 7.07. The second-order valence-corrected chi connectivity index (χ2v) is 6.55. The number of halogens is 2. The number of ether oxygens (including phenoxy) is 1. The molecule has 0 spiro atoms. The summed E-state index contributed by atoms with van der Waals surface area (Å²) in [6.07, 6.45) is 0.126. The van der Waals surface area contributed by atoms with Gasteiger partial charge in [0.05, 0.1) is 16.6 Å². The first kappa shape index (κ1) is 16.0. The van der Waals surface area contributed by atoms with E-state index in [1.54, 1.807) is 42.5 Å². The van der Waals surface area contributed by atoms with E-state index in [0.29, 0.717) is 16.5 Å². The van der Waals surface area contributed by atoms with Gasteiger partial charge in [0, 0.05) is 17.4 Å². The molecule has 0 N–H and O–H groups in total. The number of benzene rings is 2. The Morgan fingerprint density at radius 3 is 2.57 bits per heavy atom. The van der Waals surface area contributed by atoms with Gasteiger partial charge in [-0.15, -0.1) is 0 Å². The third kappa shape index (κ3) is 3.57. The van der Waals surface area contributed by atoms with Gasteiger partial charge in [0.1, 0.15) is 5.75 Å². The molecule has 1 fully saturated rings. The Balaban J connectivity index is 1.71. The number of carbonyl (C=O) groups excluding carboxylic acids is 2. The molecule has 0 saturated carbocycles. The van der Waals surface area contributed by atoms with Gasteiger partial charge in [0.2, 0.25) is 5.91 Å². The summed E-state index contributed by atoms with van der Waals surface area (Å²) in [5.74, 6) is -0.574. The second-order valence-electron chi connectivity index (χ2n) is 5.23. The van der Waals surface area contributed by atoms with E-state index in [-0.39, 0.29) is 18.9 Å². The molecule has 1 atom stereocenters. The lowest BCUT2D eigenvalue weighted by Crippen LogP contribution is -2.27. The van der Waals surface area contributed by atoms with Gasteiger partial charge < -0.3 is 9.64 Å². The first-order chi connectivity index (χ1) is 11.0. The number of esters is 1. The molecule has 1 heterocycles. The van der Waals surface area contributed by atoms with Crippen LogP contribution in [0.2, 0.25) is 5.02 Å². The van der Waals surface area contributed by atoms with Crippen molar-refractivity contribution in [2.24, 2.45) is 5.92 Å². The van der Waals surface area contributed by atoms with E-state index >= 15 is 0 Å². The van der Waals surface area contributed by atoms with Crippen molar-refractivity contribution < 1.29 is 14.3 Å². The number of hydrogen-bond donors (Lipinski definition) is 0. The van der Waals surface area contributed by atoms with E-state index < -0.39 is 11.9 Å². The number of para-hydroxylation sites is 1. The molecule has 2 aromatic carbocycles. The first-order valence-corrected chi connectivity index (χ1v) is 8.24. The largest absolute Gasteiger partial charge is 0.426 e. The maximum absolute atomic E-state index is 12.3. The van der Waals surface area contributed by atoms with E-state index in [1.807, 2.05) is 6.07 Å². The SMILES string of the molecule is O=C(Oc1ccc(Br)cc1)[C@@H]1CC(=O)N(c2ccccc2Cl)C1. The summed E-state index contributed by atoms with van der Waals surface area (Å²) in [7, 11) is 0. The van der Waals surface area contributed by atoms with Crippen LogP contribution in [0.15, 0.2) is 53.0 Å². The third-order valence-corrected chi connectivity index (χ3v) is 4.48. The number of hydrogen-bond acceptors (Lipinski definition) is 3. The molecule has 1 aliphatic heterocycles. The van der Waals surface area contributed by atoms with E-state index in [4.69, 9.17) is 16.3 Å². The fraction of sp³-hybridized carbons (Fsp3) is 0.176. The van der Waals surface area contributed by atoms with Gasteiger partial charge in [-0.3, -0.25) is 9.59 Å². The van der Waals surface area contributed by atoms with Gasteiger partial charge in [-0.1, -0.05) is 39.7 Å². The summed E-state index contributed by atoms with van der Waals surface area (Å²) >= 11 is 9.45. The van der Waals surface area contributed by atoms with Crippen molar-refractivity contribution in [2.75, 3.05) is 11.4 Å². The van der Waals surface area contributed by atoms with E-state index in [2.05, 4.69) is 15.9 Å². The number of amides is 1. The van der Waals surface area contributed by atoms with Crippen molar-refractivity contribution in [1.82, 2.24) is 0 Å². The quantitative estimate of drug-likeness (QED) is 0.582. The van der Waals surface area contributed by atoms with Crippen molar-refractivity contribution >= 4 is 45.1 Å². The molecule has 0 radical (unpaired) electrons. The second kappa shape index (κ2) is 6.72. The highest BCUT2D eigenvalue weighted by molar-refractivity contribution is 9.10. The Labute approximate surface area is 147 Å². The van der Waals surface area contributed by atoms with Crippen LogP contribution in [0.3, 0.4) is 0 Å². The summed E-state index contributed by atoms with van der Waals surface area (Å²) in [6.45, 7) is 0.276. The molecule has 0 unspecified atom stereocenters. The highest BCUT2D eigenvalue weighted by Gasteiger charge is 2.37. The van der Waals surface area contributed by atoms with Gasteiger partial charge >= 0.3 is 5.97 Å². The van der Waals surface area contributed by atoms with Gasteiger partial charge in [0.25, 0.3) is 0 Å². The van der Waals surface area contributed by atoms with E-state index in [1.165, 1.54) is 4.90 Å². The minimum atomic E-state index is -0.498. The number of carbonyl (C=O) groups is 2. The average Bonchev–Trinajstić information content (AvgIpc) is 2.92. The Bertz CT molecular complexity index is 748. The zero-order valence-corrected chi connectivity index (χ0v) is 14.4. The van der Waals surface area contributed by atoms with Crippen LogP contribution in [0.4, 0.5) is 5.69 Å². The summed E-state index contributed by atoms with van der Waals surface area (Å²) < 4.78 is 6.25. The smallest absolute Gasteiger partial charge is 0.316 e. The summed E-state index contributed by atoms with van der Waals surface area (Å²) in [5.41, 5.74) is 0.623. The fourth-order valence-electron chi connectivity index (χ4n) is 2.47. The third-order valence-electron chi connectivity index (χ3n) is 3.63. The molecule has 0 aromatic heterocycles. The molecule has 0 bridgehead atoms. The Kier molecular flexibility index (Phi) is 4.68. The number of nitrogens with zero attached hydrogens (tertiary/aromatic N) is 1. The van der Waals surface area contributed by atoms with Gasteiger partial charge in [0.15, 0.2) is 0 Å². The molecule has 4 nitrogen and oxygen atoms in total. The average molecular weight is 395 g/mol. The van der Waals surface area contributed by atoms with Gasteiger partial charge in [-0.25, -0.2) is 0 Å². The van der Waals surface area contributed by atoms with Crippen molar-refractivity contribution in [3.05, 3.63) is 58.0 Å². The van der Waals surface area contributed by atoms with Crippen molar-refractivity contribution in [3.63, 3.8) is 0 Å². The molecule has 23 heavy (non-hydrogen) atoms. The van der Waals surface area contributed by atoms with Crippen LogP contribution in [0.25, 0.3) is 0 Å². The monoisotopic (exact) mass is 393 g/mol. The standard InChI is InChI=1S/C17H13BrClNO3/c18-12-5-7-13(8-6-12)23-17(22)11-9-16(21)20(10-11)15-4-2-1-3-14(15)19/h1-8,11H,9-10H2/t11-/m1/s1. The Hall–Kier alpha value is -1.85. The minimum absolute atomic E-state index is 0.126. The van der Waals surface area contributed by atoms with E-state index in [9.17, 15) is 9.59 Å². The van der Waals surface area contributed by atoms with Gasteiger partial charge in [-0.2, -0.15) is 0 Å². The normalized spacial score (nSPS) is 17.4.